The molecule has 1 aromatic heterocycles. The highest BCUT2D eigenvalue weighted by Gasteiger charge is 2.34. The molecule has 5 nitrogen and oxygen atoms in total. The zero-order valence-electron chi connectivity index (χ0n) is 11.3. The number of halogens is 3. The minimum atomic E-state index is -4.15. The molecule has 1 saturated heterocycles. The van der Waals surface area contributed by atoms with Crippen molar-refractivity contribution in [2.45, 2.75) is 19.1 Å². The number of aromatic carboxylic acids is 1. The minimum absolute atomic E-state index is 0.0871. The standard InChI is InChI=1S/C13H17F3N2O3/c14-13(15,16)8-18-2-1-9(6-18)4-17-5-11-3-10(7-21-11)12(19)20/h3,7,9,17H,1-2,4-6,8H2,(H,19,20). The van der Waals surface area contributed by atoms with Crippen LogP contribution < -0.4 is 5.32 Å². The van der Waals surface area contributed by atoms with E-state index in [0.29, 0.717) is 31.9 Å². The average Bonchev–Trinajstić information content (AvgIpc) is 2.97. The van der Waals surface area contributed by atoms with Gasteiger partial charge in [-0.2, -0.15) is 13.2 Å². The van der Waals surface area contributed by atoms with Crippen LogP contribution in [0.1, 0.15) is 22.5 Å². The van der Waals surface area contributed by atoms with Crippen molar-refractivity contribution in [3.05, 3.63) is 23.7 Å². The van der Waals surface area contributed by atoms with E-state index in [-0.39, 0.29) is 11.5 Å². The monoisotopic (exact) mass is 306 g/mol. The van der Waals surface area contributed by atoms with Gasteiger partial charge in [0, 0.05) is 6.54 Å². The molecule has 1 aliphatic heterocycles. The Labute approximate surface area is 119 Å². The number of carboxylic acids is 1. The summed E-state index contributed by atoms with van der Waals surface area (Å²) in [7, 11) is 0. The van der Waals surface area contributed by atoms with Crippen LogP contribution in [0.5, 0.6) is 0 Å². The third kappa shape index (κ3) is 5.05. The van der Waals surface area contributed by atoms with Crippen LogP contribution in [0.3, 0.4) is 0 Å². The Hall–Kier alpha value is -1.54. The van der Waals surface area contributed by atoms with Crippen molar-refractivity contribution in [1.29, 1.82) is 0 Å². The molecule has 1 unspecified atom stereocenters. The fraction of sp³-hybridized carbons (Fsp3) is 0.615. The number of rotatable bonds is 6. The normalized spacial score (nSPS) is 20.0. The zero-order chi connectivity index (χ0) is 15.5. The third-order valence-electron chi connectivity index (χ3n) is 3.41. The highest BCUT2D eigenvalue weighted by Crippen LogP contribution is 2.22. The first-order chi connectivity index (χ1) is 9.83. The van der Waals surface area contributed by atoms with Gasteiger partial charge in [0.2, 0.25) is 0 Å². The first kappa shape index (κ1) is 15.8. The molecule has 1 fully saturated rings. The van der Waals surface area contributed by atoms with Crippen LogP contribution in [-0.2, 0) is 6.54 Å². The summed E-state index contributed by atoms with van der Waals surface area (Å²) in [6.07, 6.45) is -2.26. The van der Waals surface area contributed by atoms with E-state index in [9.17, 15) is 18.0 Å². The molecule has 0 aliphatic carbocycles. The third-order valence-corrected chi connectivity index (χ3v) is 3.41. The first-order valence-electron chi connectivity index (χ1n) is 6.64. The summed E-state index contributed by atoms with van der Waals surface area (Å²) in [5.41, 5.74) is 0.0871. The van der Waals surface area contributed by atoms with Crippen LogP contribution >= 0.6 is 0 Å². The Kier molecular flexibility index (Phi) is 4.89. The lowest BCUT2D eigenvalue weighted by Crippen LogP contribution is -2.33. The minimum Gasteiger partial charge on any atom is -0.478 e. The quantitative estimate of drug-likeness (QED) is 0.841. The van der Waals surface area contributed by atoms with E-state index >= 15 is 0 Å². The molecule has 2 rings (SSSR count). The van der Waals surface area contributed by atoms with Gasteiger partial charge in [-0.1, -0.05) is 0 Å². The lowest BCUT2D eigenvalue weighted by Gasteiger charge is -2.17. The van der Waals surface area contributed by atoms with Crippen molar-refractivity contribution < 1.29 is 27.5 Å². The molecule has 0 radical (unpaired) electrons. The van der Waals surface area contributed by atoms with Crippen molar-refractivity contribution in [3.63, 3.8) is 0 Å². The highest BCUT2D eigenvalue weighted by molar-refractivity contribution is 5.87. The van der Waals surface area contributed by atoms with Crippen molar-refractivity contribution in [1.82, 2.24) is 10.2 Å². The van der Waals surface area contributed by atoms with E-state index in [0.717, 1.165) is 6.42 Å². The Morgan fingerprint density at radius 1 is 1.52 bits per heavy atom. The first-order valence-corrected chi connectivity index (χ1v) is 6.64. The summed E-state index contributed by atoms with van der Waals surface area (Å²) >= 11 is 0. The van der Waals surface area contributed by atoms with Gasteiger partial charge in [0.15, 0.2) is 0 Å². The molecule has 2 heterocycles. The van der Waals surface area contributed by atoms with Crippen LogP contribution in [0.2, 0.25) is 0 Å². The summed E-state index contributed by atoms with van der Waals surface area (Å²) in [5, 5.41) is 11.8. The summed E-state index contributed by atoms with van der Waals surface area (Å²) in [6.45, 7) is 0.963. The van der Waals surface area contributed by atoms with Gasteiger partial charge in [-0.15, -0.1) is 0 Å². The Bertz CT molecular complexity index is 487. The fourth-order valence-electron chi connectivity index (χ4n) is 2.46. The van der Waals surface area contributed by atoms with Crippen LogP contribution in [0.15, 0.2) is 16.7 Å². The lowest BCUT2D eigenvalue weighted by molar-refractivity contribution is -0.143. The van der Waals surface area contributed by atoms with Gasteiger partial charge in [0.05, 0.1) is 18.7 Å². The topological polar surface area (TPSA) is 65.7 Å². The Morgan fingerprint density at radius 3 is 2.90 bits per heavy atom. The molecular formula is C13H17F3N2O3. The molecule has 0 aromatic carbocycles. The predicted molar refractivity (Wildman–Crippen MR) is 68.0 cm³/mol. The second-order valence-corrected chi connectivity index (χ2v) is 5.24. The Balaban J connectivity index is 1.68. The number of likely N-dealkylation sites (tertiary alicyclic amines) is 1. The molecular weight excluding hydrogens is 289 g/mol. The lowest BCUT2D eigenvalue weighted by atomic mass is 10.1. The molecule has 21 heavy (non-hydrogen) atoms. The van der Waals surface area contributed by atoms with Gasteiger partial charge < -0.3 is 14.8 Å². The number of hydrogen-bond acceptors (Lipinski definition) is 4. The molecule has 8 heteroatoms. The fourth-order valence-corrected chi connectivity index (χ4v) is 2.46. The van der Waals surface area contributed by atoms with Crippen molar-refractivity contribution in [2.24, 2.45) is 5.92 Å². The molecule has 0 saturated carbocycles. The number of hydrogen-bond donors (Lipinski definition) is 2. The second-order valence-electron chi connectivity index (χ2n) is 5.24. The number of carboxylic acid groups (broad SMARTS) is 1. The van der Waals surface area contributed by atoms with Gasteiger partial charge in [-0.05, 0) is 31.5 Å². The van der Waals surface area contributed by atoms with Gasteiger partial charge in [-0.25, -0.2) is 4.79 Å². The van der Waals surface area contributed by atoms with Crippen molar-refractivity contribution >= 4 is 5.97 Å². The maximum Gasteiger partial charge on any atom is 0.401 e. The van der Waals surface area contributed by atoms with Gasteiger partial charge in [-0.3, -0.25) is 4.90 Å². The predicted octanol–water partition coefficient (Wildman–Crippen LogP) is 1.95. The van der Waals surface area contributed by atoms with E-state index in [2.05, 4.69) is 5.32 Å². The average molecular weight is 306 g/mol. The number of carbonyl (C=O) groups is 1. The zero-order valence-corrected chi connectivity index (χ0v) is 11.3. The number of alkyl halides is 3. The molecule has 1 atom stereocenters. The van der Waals surface area contributed by atoms with Gasteiger partial charge in [0.25, 0.3) is 0 Å². The summed E-state index contributed by atoms with van der Waals surface area (Å²) < 4.78 is 41.8. The number of furan rings is 1. The maximum absolute atomic E-state index is 12.3. The van der Waals surface area contributed by atoms with E-state index in [1.54, 1.807) is 0 Å². The van der Waals surface area contributed by atoms with Crippen LogP contribution in [0.4, 0.5) is 13.2 Å². The van der Waals surface area contributed by atoms with Crippen molar-refractivity contribution in [3.8, 4) is 0 Å². The number of nitrogens with one attached hydrogen (secondary N) is 1. The van der Waals surface area contributed by atoms with Crippen molar-refractivity contribution in [2.75, 3.05) is 26.2 Å². The van der Waals surface area contributed by atoms with E-state index in [4.69, 9.17) is 9.52 Å². The summed E-state index contributed by atoms with van der Waals surface area (Å²) in [4.78, 5) is 12.1. The highest BCUT2D eigenvalue weighted by atomic mass is 19.4. The molecule has 0 bridgehead atoms. The largest absolute Gasteiger partial charge is 0.478 e. The SMILES string of the molecule is O=C(O)c1coc(CNCC2CCN(CC(F)(F)F)C2)c1. The van der Waals surface area contributed by atoms with Crippen LogP contribution in [0, 0.1) is 5.92 Å². The molecule has 118 valence electrons. The van der Waals surface area contributed by atoms with E-state index < -0.39 is 18.7 Å². The molecule has 2 N–H and O–H groups in total. The number of nitrogens with zero attached hydrogens (tertiary/aromatic N) is 1. The summed E-state index contributed by atoms with van der Waals surface area (Å²) in [5.74, 6) is -0.387. The molecule has 1 aliphatic rings. The second kappa shape index (κ2) is 6.48. The maximum atomic E-state index is 12.3. The van der Waals surface area contributed by atoms with Crippen LogP contribution in [-0.4, -0.2) is 48.3 Å². The molecule has 0 amide bonds. The van der Waals surface area contributed by atoms with Gasteiger partial charge >= 0.3 is 12.1 Å². The molecule has 0 spiro atoms. The van der Waals surface area contributed by atoms with Crippen LogP contribution in [0.25, 0.3) is 0 Å². The van der Waals surface area contributed by atoms with E-state index in [1.807, 2.05) is 0 Å². The van der Waals surface area contributed by atoms with E-state index in [1.165, 1.54) is 17.2 Å². The Morgan fingerprint density at radius 2 is 2.29 bits per heavy atom. The van der Waals surface area contributed by atoms with Gasteiger partial charge in [0.1, 0.15) is 12.0 Å². The molecule has 1 aromatic rings. The summed E-state index contributed by atoms with van der Waals surface area (Å²) in [6, 6.07) is 1.43. The smallest absolute Gasteiger partial charge is 0.401 e.